The first-order chi connectivity index (χ1) is 11.7. The molecular formula is C19H32N4O2. The highest BCUT2D eigenvalue weighted by Crippen LogP contribution is 2.25. The molecule has 25 heavy (non-hydrogen) atoms. The monoisotopic (exact) mass is 348 g/mol. The van der Waals surface area contributed by atoms with E-state index in [1.807, 2.05) is 20.8 Å². The first-order valence-electron chi connectivity index (χ1n) is 9.31. The van der Waals surface area contributed by atoms with Crippen molar-refractivity contribution in [1.29, 1.82) is 0 Å². The lowest BCUT2D eigenvalue weighted by Crippen LogP contribution is -2.54. The number of rotatable bonds is 4. The highest BCUT2D eigenvalue weighted by Gasteiger charge is 2.30. The normalized spacial score (nSPS) is 18.6. The fourth-order valence-corrected chi connectivity index (χ4v) is 3.24. The van der Waals surface area contributed by atoms with Gasteiger partial charge in [0.05, 0.1) is 0 Å². The quantitative estimate of drug-likeness (QED) is 0.828. The van der Waals surface area contributed by atoms with Crippen LogP contribution in [0.1, 0.15) is 66.0 Å². The van der Waals surface area contributed by atoms with E-state index in [0.717, 1.165) is 30.9 Å². The van der Waals surface area contributed by atoms with E-state index in [-0.39, 0.29) is 12.1 Å². The Morgan fingerprint density at radius 1 is 1.28 bits per heavy atom. The van der Waals surface area contributed by atoms with Gasteiger partial charge in [0.1, 0.15) is 17.7 Å². The smallest absolute Gasteiger partial charge is 0.410 e. The third-order valence-electron chi connectivity index (χ3n) is 4.65. The van der Waals surface area contributed by atoms with Crippen molar-refractivity contribution in [2.45, 2.75) is 71.9 Å². The summed E-state index contributed by atoms with van der Waals surface area (Å²) in [4.78, 5) is 25.3. The van der Waals surface area contributed by atoms with Crippen molar-refractivity contribution in [2.24, 2.45) is 0 Å². The van der Waals surface area contributed by atoms with Crippen LogP contribution in [0.3, 0.4) is 0 Å². The molecule has 1 fully saturated rings. The van der Waals surface area contributed by atoms with Crippen molar-refractivity contribution in [1.82, 2.24) is 14.9 Å². The molecule has 0 bridgehead atoms. The molecule has 6 heteroatoms. The van der Waals surface area contributed by atoms with Gasteiger partial charge in [-0.05, 0) is 40.5 Å². The van der Waals surface area contributed by atoms with Crippen LogP contribution in [0.2, 0.25) is 0 Å². The lowest BCUT2D eigenvalue weighted by Gasteiger charge is -2.40. The summed E-state index contributed by atoms with van der Waals surface area (Å²) in [6.07, 6.45) is 3.58. The topological polar surface area (TPSA) is 58.6 Å². The van der Waals surface area contributed by atoms with Gasteiger partial charge >= 0.3 is 6.09 Å². The first kappa shape index (κ1) is 19.5. The van der Waals surface area contributed by atoms with Crippen LogP contribution >= 0.6 is 0 Å². The number of piperazine rings is 1. The van der Waals surface area contributed by atoms with Crippen molar-refractivity contribution < 1.29 is 9.53 Å². The van der Waals surface area contributed by atoms with Gasteiger partial charge in [0.2, 0.25) is 0 Å². The molecule has 0 aliphatic carbocycles. The maximum Gasteiger partial charge on any atom is 0.410 e. The number of nitrogens with zero attached hydrogens (tertiary/aromatic N) is 4. The zero-order chi connectivity index (χ0) is 18.6. The Kier molecular flexibility index (Phi) is 6.25. The summed E-state index contributed by atoms with van der Waals surface area (Å²) in [7, 11) is 0. The van der Waals surface area contributed by atoms with Crippen molar-refractivity contribution in [2.75, 3.05) is 24.5 Å². The van der Waals surface area contributed by atoms with Crippen LogP contribution in [0.5, 0.6) is 0 Å². The molecule has 0 unspecified atom stereocenters. The molecule has 0 aromatic carbocycles. The van der Waals surface area contributed by atoms with E-state index in [0.29, 0.717) is 19.0 Å². The van der Waals surface area contributed by atoms with Crippen LogP contribution in [-0.4, -0.2) is 52.2 Å². The Hall–Kier alpha value is -1.85. The molecule has 2 heterocycles. The molecular weight excluding hydrogens is 316 g/mol. The molecule has 0 N–H and O–H groups in total. The molecule has 1 aromatic rings. The molecule has 2 rings (SSSR count). The average molecular weight is 348 g/mol. The van der Waals surface area contributed by atoms with Gasteiger partial charge < -0.3 is 14.5 Å². The molecule has 0 saturated carbocycles. The van der Waals surface area contributed by atoms with E-state index in [1.165, 1.54) is 0 Å². The van der Waals surface area contributed by atoms with Crippen LogP contribution in [0.4, 0.5) is 10.6 Å². The summed E-state index contributed by atoms with van der Waals surface area (Å²) in [5.74, 6) is 1.42. The van der Waals surface area contributed by atoms with Gasteiger partial charge in [-0.15, -0.1) is 0 Å². The third kappa shape index (κ3) is 5.06. The fraction of sp³-hybridized carbons (Fsp3) is 0.737. The van der Waals surface area contributed by atoms with E-state index in [9.17, 15) is 4.79 Å². The Morgan fingerprint density at radius 3 is 2.52 bits per heavy atom. The predicted molar refractivity (Wildman–Crippen MR) is 100.0 cm³/mol. The number of amides is 1. The summed E-state index contributed by atoms with van der Waals surface area (Å²) < 4.78 is 5.49. The number of carbonyl (C=O) groups excluding carboxylic acids is 1. The zero-order valence-corrected chi connectivity index (χ0v) is 16.5. The highest BCUT2D eigenvalue weighted by molar-refractivity contribution is 5.68. The van der Waals surface area contributed by atoms with Gasteiger partial charge in [-0.1, -0.05) is 13.8 Å². The number of hydrogen-bond donors (Lipinski definition) is 0. The van der Waals surface area contributed by atoms with Gasteiger partial charge in [0.15, 0.2) is 0 Å². The van der Waals surface area contributed by atoms with E-state index in [4.69, 9.17) is 4.74 Å². The number of aromatic nitrogens is 2. The number of carbonyl (C=O) groups is 1. The standard InChI is InChI=1S/C19H32N4O2/c1-7-15(8-2)16-11-17(21-13-20-16)23-10-9-22(12-14(23)3)18(24)25-19(4,5)6/h11,13-15H,7-10,12H2,1-6H3/t14-/m1/s1. The maximum atomic E-state index is 12.3. The zero-order valence-electron chi connectivity index (χ0n) is 16.5. The van der Waals surface area contributed by atoms with Crippen LogP contribution in [0.25, 0.3) is 0 Å². The summed E-state index contributed by atoms with van der Waals surface area (Å²) in [6, 6.07) is 2.29. The van der Waals surface area contributed by atoms with Crippen LogP contribution in [-0.2, 0) is 4.74 Å². The summed E-state index contributed by atoms with van der Waals surface area (Å²) in [6.45, 7) is 14.2. The molecule has 1 saturated heterocycles. The van der Waals surface area contributed by atoms with Gasteiger partial charge in [-0.3, -0.25) is 0 Å². The number of hydrogen-bond acceptors (Lipinski definition) is 5. The first-order valence-corrected chi connectivity index (χ1v) is 9.31. The second-order valence-corrected chi connectivity index (χ2v) is 7.78. The van der Waals surface area contributed by atoms with Gasteiger partial charge in [-0.2, -0.15) is 0 Å². The van der Waals surface area contributed by atoms with Crippen LogP contribution in [0.15, 0.2) is 12.4 Å². The highest BCUT2D eigenvalue weighted by atomic mass is 16.6. The second kappa shape index (κ2) is 8.02. The number of ether oxygens (including phenoxy) is 1. The minimum absolute atomic E-state index is 0.186. The predicted octanol–water partition coefficient (Wildman–Crippen LogP) is 3.83. The van der Waals surface area contributed by atoms with Crippen molar-refractivity contribution >= 4 is 11.9 Å². The van der Waals surface area contributed by atoms with Crippen molar-refractivity contribution in [3.63, 3.8) is 0 Å². The van der Waals surface area contributed by atoms with Crippen LogP contribution < -0.4 is 4.90 Å². The number of anilines is 1. The molecule has 1 atom stereocenters. The lowest BCUT2D eigenvalue weighted by atomic mass is 9.99. The Balaban J connectivity index is 2.06. The Morgan fingerprint density at radius 2 is 1.96 bits per heavy atom. The Labute approximate surface area is 151 Å². The SMILES string of the molecule is CCC(CC)c1cc(N2CCN(C(=O)OC(C)(C)C)C[C@H]2C)ncn1. The molecule has 1 aliphatic rings. The largest absolute Gasteiger partial charge is 0.444 e. The van der Waals surface area contributed by atoms with Gasteiger partial charge in [0, 0.05) is 43.4 Å². The van der Waals surface area contributed by atoms with Gasteiger partial charge in [-0.25, -0.2) is 14.8 Å². The Bertz CT molecular complexity index is 581. The van der Waals surface area contributed by atoms with Gasteiger partial charge in [0.25, 0.3) is 0 Å². The fourth-order valence-electron chi connectivity index (χ4n) is 3.24. The van der Waals surface area contributed by atoms with Crippen molar-refractivity contribution in [3.05, 3.63) is 18.1 Å². The summed E-state index contributed by atoms with van der Waals surface area (Å²) in [5, 5.41) is 0. The summed E-state index contributed by atoms with van der Waals surface area (Å²) >= 11 is 0. The van der Waals surface area contributed by atoms with E-state index >= 15 is 0 Å². The molecule has 0 radical (unpaired) electrons. The van der Waals surface area contributed by atoms with E-state index in [1.54, 1.807) is 11.2 Å². The summed E-state index contributed by atoms with van der Waals surface area (Å²) in [5.41, 5.74) is 0.644. The molecule has 1 aliphatic heterocycles. The van der Waals surface area contributed by atoms with Crippen molar-refractivity contribution in [3.8, 4) is 0 Å². The molecule has 140 valence electrons. The average Bonchev–Trinajstić information content (AvgIpc) is 2.54. The van der Waals surface area contributed by atoms with E-state index < -0.39 is 5.60 Å². The molecule has 0 spiro atoms. The molecule has 1 amide bonds. The third-order valence-corrected chi connectivity index (χ3v) is 4.65. The maximum absolute atomic E-state index is 12.3. The molecule has 1 aromatic heterocycles. The minimum Gasteiger partial charge on any atom is -0.444 e. The lowest BCUT2D eigenvalue weighted by molar-refractivity contribution is 0.0218. The van der Waals surface area contributed by atoms with E-state index in [2.05, 4.69) is 41.7 Å². The second-order valence-electron chi connectivity index (χ2n) is 7.78. The van der Waals surface area contributed by atoms with Crippen LogP contribution in [0, 0.1) is 0 Å². The minimum atomic E-state index is -0.464. The molecule has 6 nitrogen and oxygen atoms in total.